The topological polar surface area (TPSA) is 65.5 Å². The first-order valence-electron chi connectivity index (χ1n) is 8.78. The molecule has 1 aliphatic rings. The summed E-state index contributed by atoms with van der Waals surface area (Å²) in [4.78, 5) is 32.3. The van der Waals surface area contributed by atoms with Gasteiger partial charge in [-0.05, 0) is 43.6 Å². The molecule has 0 atom stereocenters. The molecule has 1 aromatic heterocycles. The van der Waals surface area contributed by atoms with Crippen LogP contribution in [0.4, 0.5) is 0 Å². The molecule has 0 aliphatic carbocycles. The SMILES string of the molecule is CCN(CC)CCCNC(=O)c1cncc2c1CCN(C(C)=O)C2. The second-order valence-electron chi connectivity index (χ2n) is 6.15. The summed E-state index contributed by atoms with van der Waals surface area (Å²) in [6.45, 7) is 10.8. The molecule has 0 saturated heterocycles. The van der Waals surface area contributed by atoms with Crippen molar-refractivity contribution in [3.05, 3.63) is 29.1 Å². The number of aromatic nitrogens is 1. The van der Waals surface area contributed by atoms with E-state index >= 15 is 0 Å². The minimum atomic E-state index is -0.0600. The van der Waals surface area contributed by atoms with Crippen molar-refractivity contribution in [2.75, 3.05) is 32.7 Å². The van der Waals surface area contributed by atoms with Gasteiger partial charge in [0.15, 0.2) is 0 Å². The van der Waals surface area contributed by atoms with E-state index < -0.39 is 0 Å². The third-order valence-electron chi connectivity index (χ3n) is 4.66. The summed E-state index contributed by atoms with van der Waals surface area (Å²) in [5, 5.41) is 3.00. The number of nitrogens with zero attached hydrogens (tertiary/aromatic N) is 3. The molecule has 0 bridgehead atoms. The molecule has 2 heterocycles. The van der Waals surface area contributed by atoms with Crippen LogP contribution < -0.4 is 5.32 Å². The Bertz CT molecular complexity index is 584. The van der Waals surface area contributed by atoms with E-state index in [-0.39, 0.29) is 11.8 Å². The Morgan fingerprint density at radius 2 is 2.04 bits per heavy atom. The fraction of sp³-hybridized carbons (Fsp3) is 0.611. The number of nitrogens with one attached hydrogen (secondary N) is 1. The highest BCUT2D eigenvalue weighted by molar-refractivity contribution is 5.95. The van der Waals surface area contributed by atoms with Gasteiger partial charge in [0.05, 0.1) is 5.56 Å². The van der Waals surface area contributed by atoms with Gasteiger partial charge in [-0.25, -0.2) is 0 Å². The molecule has 1 aromatic rings. The van der Waals surface area contributed by atoms with Crippen LogP contribution in [0.15, 0.2) is 12.4 Å². The van der Waals surface area contributed by atoms with Crippen molar-refractivity contribution in [2.24, 2.45) is 0 Å². The summed E-state index contributed by atoms with van der Waals surface area (Å²) >= 11 is 0. The van der Waals surface area contributed by atoms with Crippen molar-refractivity contribution in [3.8, 4) is 0 Å². The van der Waals surface area contributed by atoms with Gasteiger partial charge in [-0.2, -0.15) is 0 Å². The molecule has 0 fully saturated rings. The zero-order valence-electron chi connectivity index (χ0n) is 15.0. The fourth-order valence-electron chi connectivity index (χ4n) is 3.10. The van der Waals surface area contributed by atoms with Gasteiger partial charge in [-0.3, -0.25) is 14.6 Å². The lowest BCUT2D eigenvalue weighted by molar-refractivity contribution is -0.129. The molecule has 0 radical (unpaired) electrons. The van der Waals surface area contributed by atoms with Gasteiger partial charge < -0.3 is 15.1 Å². The van der Waals surface area contributed by atoms with Gasteiger partial charge in [-0.15, -0.1) is 0 Å². The van der Waals surface area contributed by atoms with Gasteiger partial charge in [-0.1, -0.05) is 13.8 Å². The van der Waals surface area contributed by atoms with E-state index in [9.17, 15) is 9.59 Å². The van der Waals surface area contributed by atoms with E-state index in [1.807, 2.05) is 0 Å². The van der Waals surface area contributed by atoms with Crippen LogP contribution in [0.25, 0.3) is 0 Å². The van der Waals surface area contributed by atoms with E-state index in [1.165, 1.54) is 0 Å². The minimum Gasteiger partial charge on any atom is -0.352 e. The predicted octanol–water partition coefficient (Wildman–Crippen LogP) is 1.45. The van der Waals surface area contributed by atoms with Crippen LogP contribution in [0.5, 0.6) is 0 Å². The van der Waals surface area contributed by atoms with Crippen molar-refractivity contribution in [1.82, 2.24) is 20.1 Å². The third kappa shape index (κ3) is 4.54. The normalized spacial score (nSPS) is 13.8. The molecule has 0 spiro atoms. The van der Waals surface area contributed by atoms with Crippen LogP contribution in [-0.2, 0) is 17.8 Å². The number of amides is 2. The maximum atomic E-state index is 12.5. The van der Waals surface area contributed by atoms with Crippen molar-refractivity contribution in [1.29, 1.82) is 0 Å². The molecule has 0 aromatic carbocycles. The van der Waals surface area contributed by atoms with Crippen LogP contribution in [0.2, 0.25) is 0 Å². The highest BCUT2D eigenvalue weighted by Crippen LogP contribution is 2.21. The molecule has 2 rings (SSSR count). The smallest absolute Gasteiger partial charge is 0.253 e. The Morgan fingerprint density at radius 1 is 1.29 bits per heavy atom. The van der Waals surface area contributed by atoms with Gasteiger partial charge in [0, 0.05) is 39.0 Å². The quantitative estimate of drug-likeness (QED) is 0.768. The molecule has 1 N–H and O–H groups in total. The first-order valence-corrected chi connectivity index (χ1v) is 8.78. The summed E-state index contributed by atoms with van der Waals surface area (Å²) in [6, 6.07) is 0. The maximum absolute atomic E-state index is 12.5. The number of carbonyl (C=O) groups is 2. The second kappa shape index (κ2) is 8.78. The van der Waals surface area contributed by atoms with E-state index in [4.69, 9.17) is 0 Å². The molecule has 1 aliphatic heterocycles. The number of hydrogen-bond acceptors (Lipinski definition) is 4. The van der Waals surface area contributed by atoms with Crippen molar-refractivity contribution in [3.63, 3.8) is 0 Å². The van der Waals surface area contributed by atoms with Crippen LogP contribution in [-0.4, -0.2) is 59.3 Å². The van der Waals surface area contributed by atoms with Crippen molar-refractivity contribution in [2.45, 2.75) is 40.2 Å². The van der Waals surface area contributed by atoms with Crippen LogP contribution in [0.3, 0.4) is 0 Å². The molecule has 6 nitrogen and oxygen atoms in total. The molecule has 2 amide bonds. The second-order valence-corrected chi connectivity index (χ2v) is 6.15. The lowest BCUT2D eigenvalue weighted by atomic mass is 9.96. The number of fused-ring (bicyclic) bond motifs is 1. The van der Waals surface area contributed by atoms with E-state index in [2.05, 4.69) is 29.0 Å². The highest BCUT2D eigenvalue weighted by atomic mass is 16.2. The average molecular weight is 332 g/mol. The lowest BCUT2D eigenvalue weighted by Gasteiger charge is -2.28. The summed E-state index contributed by atoms with van der Waals surface area (Å²) in [6.07, 6.45) is 5.05. The summed E-state index contributed by atoms with van der Waals surface area (Å²) in [5.41, 5.74) is 2.66. The fourth-order valence-corrected chi connectivity index (χ4v) is 3.10. The Labute approximate surface area is 144 Å². The number of rotatable bonds is 7. The average Bonchev–Trinajstić information content (AvgIpc) is 2.60. The molecule has 6 heteroatoms. The monoisotopic (exact) mass is 332 g/mol. The summed E-state index contributed by atoms with van der Waals surface area (Å²) in [5.74, 6) is 0.00193. The Hall–Kier alpha value is -1.95. The van der Waals surface area contributed by atoms with Crippen LogP contribution in [0.1, 0.15) is 48.7 Å². The number of hydrogen-bond donors (Lipinski definition) is 1. The molecule has 132 valence electrons. The standard InChI is InChI=1S/C18H28N4O2/c1-4-21(5-2)9-6-8-20-18(24)17-12-19-11-15-13-22(14(3)23)10-7-16(15)17/h11-12H,4-10,13H2,1-3H3,(H,20,24). The minimum absolute atomic E-state index is 0.0600. The van der Waals surface area contributed by atoms with Gasteiger partial charge >= 0.3 is 0 Å². The highest BCUT2D eigenvalue weighted by Gasteiger charge is 2.23. The Balaban J connectivity index is 1.94. The van der Waals surface area contributed by atoms with Gasteiger partial charge in [0.1, 0.15) is 0 Å². The number of pyridine rings is 1. The first kappa shape index (κ1) is 18.4. The van der Waals surface area contributed by atoms with Gasteiger partial charge in [0.25, 0.3) is 5.91 Å². The molecule has 24 heavy (non-hydrogen) atoms. The van der Waals surface area contributed by atoms with Crippen molar-refractivity contribution < 1.29 is 9.59 Å². The Morgan fingerprint density at radius 3 is 2.71 bits per heavy atom. The zero-order valence-corrected chi connectivity index (χ0v) is 15.0. The summed E-state index contributed by atoms with van der Waals surface area (Å²) < 4.78 is 0. The predicted molar refractivity (Wildman–Crippen MR) is 93.8 cm³/mol. The zero-order chi connectivity index (χ0) is 17.5. The maximum Gasteiger partial charge on any atom is 0.253 e. The van der Waals surface area contributed by atoms with Gasteiger partial charge in [0.2, 0.25) is 5.91 Å². The molecule has 0 saturated carbocycles. The third-order valence-corrected chi connectivity index (χ3v) is 4.66. The van der Waals surface area contributed by atoms with E-state index in [0.29, 0.717) is 31.6 Å². The number of carbonyl (C=O) groups excluding carboxylic acids is 2. The van der Waals surface area contributed by atoms with E-state index in [0.717, 1.165) is 37.2 Å². The van der Waals surface area contributed by atoms with Crippen molar-refractivity contribution >= 4 is 11.8 Å². The molecular weight excluding hydrogens is 304 g/mol. The largest absolute Gasteiger partial charge is 0.352 e. The van der Waals surface area contributed by atoms with Crippen LogP contribution >= 0.6 is 0 Å². The lowest BCUT2D eigenvalue weighted by Crippen LogP contribution is -2.36. The Kier molecular flexibility index (Phi) is 6.73. The van der Waals surface area contributed by atoms with Crippen LogP contribution in [0, 0.1) is 0 Å². The first-order chi connectivity index (χ1) is 11.6. The molecular formula is C18H28N4O2. The molecule has 0 unspecified atom stereocenters. The van der Waals surface area contributed by atoms with E-state index in [1.54, 1.807) is 24.2 Å². The summed E-state index contributed by atoms with van der Waals surface area (Å²) in [7, 11) is 0.